The van der Waals surface area contributed by atoms with E-state index < -0.39 is 22.3 Å². The fourth-order valence-electron chi connectivity index (χ4n) is 2.64. The molecule has 2 aromatic heterocycles. The van der Waals surface area contributed by atoms with Gasteiger partial charge < -0.3 is 25.6 Å². The fourth-order valence-corrected chi connectivity index (χ4v) is 4.20. The van der Waals surface area contributed by atoms with E-state index in [0.29, 0.717) is 11.0 Å². The number of aliphatic hydroxyl groups excluding tert-OH is 2. The van der Waals surface area contributed by atoms with Crippen molar-refractivity contribution in [2.75, 3.05) is 12.3 Å². The van der Waals surface area contributed by atoms with Gasteiger partial charge in [-0.25, -0.2) is 0 Å². The van der Waals surface area contributed by atoms with E-state index in [1.807, 2.05) is 0 Å². The van der Waals surface area contributed by atoms with Crippen molar-refractivity contribution in [2.45, 2.75) is 29.3 Å². The molecule has 1 aliphatic heterocycles. The lowest BCUT2D eigenvalue weighted by Crippen LogP contribution is -2.44. The standard InChI is InChI=1S/C12H16N4O4S/c1-12(20)7(18)6(4-17)21-10(12)16-3-2-5-8(16)14-11(13)15-9(5)19/h2-3,6-7,10,17-18,20H,4H2,1H3,(H3,13,14,15,19)/t6-,7-,10-,12-/m1/s1. The van der Waals surface area contributed by atoms with Crippen molar-refractivity contribution in [1.29, 1.82) is 0 Å². The van der Waals surface area contributed by atoms with E-state index in [1.54, 1.807) is 16.8 Å². The van der Waals surface area contributed by atoms with E-state index in [2.05, 4.69) is 9.97 Å². The molecule has 1 saturated heterocycles. The van der Waals surface area contributed by atoms with Gasteiger partial charge in [-0.05, 0) is 13.0 Å². The molecule has 0 bridgehead atoms. The number of rotatable bonds is 2. The lowest BCUT2D eigenvalue weighted by molar-refractivity contribution is -0.0671. The number of thioether (sulfide) groups is 1. The van der Waals surface area contributed by atoms with Gasteiger partial charge in [0.25, 0.3) is 5.56 Å². The maximum Gasteiger partial charge on any atom is 0.261 e. The Hall–Kier alpha value is -1.55. The van der Waals surface area contributed by atoms with Crippen molar-refractivity contribution < 1.29 is 15.3 Å². The molecule has 1 aliphatic rings. The highest BCUT2D eigenvalue weighted by Gasteiger charge is 2.52. The van der Waals surface area contributed by atoms with Crippen molar-refractivity contribution in [3.63, 3.8) is 0 Å². The first-order valence-corrected chi connectivity index (χ1v) is 7.33. The summed E-state index contributed by atoms with van der Waals surface area (Å²) in [5, 5.41) is 29.2. The number of aromatic amines is 1. The minimum Gasteiger partial charge on any atom is -0.395 e. The third-order valence-corrected chi connectivity index (χ3v) is 5.51. The van der Waals surface area contributed by atoms with E-state index in [1.165, 1.54) is 18.7 Å². The Morgan fingerprint density at radius 3 is 2.95 bits per heavy atom. The Balaban J connectivity index is 2.15. The second-order valence-corrected chi connectivity index (χ2v) is 6.62. The molecule has 3 heterocycles. The molecule has 4 atom stereocenters. The van der Waals surface area contributed by atoms with Crippen LogP contribution in [0.4, 0.5) is 5.95 Å². The molecule has 9 heteroatoms. The molecule has 8 nitrogen and oxygen atoms in total. The van der Waals surface area contributed by atoms with E-state index in [4.69, 9.17) is 5.73 Å². The number of hydrogen-bond donors (Lipinski definition) is 5. The van der Waals surface area contributed by atoms with Crippen molar-refractivity contribution in [2.24, 2.45) is 0 Å². The second-order valence-electron chi connectivity index (χ2n) is 5.29. The summed E-state index contributed by atoms with van der Waals surface area (Å²) in [4.78, 5) is 18.3. The van der Waals surface area contributed by atoms with Crippen LogP contribution in [-0.4, -0.2) is 53.4 Å². The van der Waals surface area contributed by atoms with Crippen molar-refractivity contribution in [1.82, 2.24) is 14.5 Å². The first-order valence-electron chi connectivity index (χ1n) is 6.39. The molecule has 3 rings (SSSR count). The normalized spacial score (nSPS) is 32.9. The van der Waals surface area contributed by atoms with Crippen LogP contribution in [0.1, 0.15) is 12.3 Å². The van der Waals surface area contributed by atoms with Crippen LogP contribution in [0.5, 0.6) is 0 Å². The first-order chi connectivity index (χ1) is 9.86. The third kappa shape index (κ3) is 2.04. The molecular formula is C12H16N4O4S. The maximum absolute atomic E-state index is 11.8. The topological polar surface area (TPSA) is 137 Å². The summed E-state index contributed by atoms with van der Waals surface area (Å²) in [7, 11) is 0. The van der Waals surface area contributed by atoms with Gasteiger partial charge in [-0.3, -0.25) is 9.78 Å². The van der Waals surface area contributed by atoms with Crippen LogP contribution in [0.2, 0.25) is 0 Å². The van der Waals surface area contributed by atoms with Crippen LogP contribution in [0, 0.1) is 0 Å². The van der Waals surface area contributed by atoms with Gasteiger partial charge in [0.2, 0.25) is 5.95 Å². The van der Waals surface area contributed by atoms with Crippen molar-refractivity contribution in [3.8, 4) is 0 Å². The molecule has 0 saturated carbocycles. The monoisotopic (exact) mass is 312 g/mol. The fraction of sp³-hybridized carbons (Fsp3) is 0.500. The number of aliphatic hydroxyl groups is 3. The summed E-state index contributed by atoms with van der Waals surface area (Å²) < 4.78 is 1.60. The highest BCUT2D eigenvalue weighted by Crippen LogP contribution is 2.49. The average Bonchev–Trinajstić information content (AvgIpc) is 2.91. The molecule has 0 spiro atoms. The van der Waals surface area contributed by atoms with Gasteiger partial charge in [0, 0.05) is 6.20 Å². The number of anilines is 1. The number of hydrogen-bond acceptors (Lipinski definition) is 7. The zero-order chi connectivity index (χ0) is 15.4. The summed E-state index contributed by atoms with van der Waals surface area (Å²) in [5.74, 6) is -0.0191. The summed E-state index contributed by atoms with van der Waals surface area (Å²) in [6.07, 6.45) is 0.527. The predicted octanol–water partition coefficient (Wildman–Crippen LogP) is -0.975. The summed E-state index contributed by atoms with van der Waals surface area (Å²) in [6, 6.07) is 1.58. The number of H-pyrrole nitrogens is 1. The lowest BCUT2D eigenvalue weighted by atomic mass is 9.96. The summed E-state index contributed by atoms with van der Waals surface area (Å²) in [6.45, 7) is 1.24. The molecule has 0 amide bonds. The molecule has 21 heavy (non-hydrogen) atoms. The molecule has 114 valence electrons. The molecular weight excluding hydrogens is 296 g/mol. The quantitative estimate of drug-likeness (QED) is 0.481. The molecule has 0 unspecified atom stereocenters. The van der Waals surface area contributed by atoms with Gasteiger partial charge in [0.05, 0.1) is 23.3 Å². The van der Waals surface area contributed by atoms with Gasteiger partial charge in [-0.2, -0.15) is 4.98 Å². The maximum atomic E-state index is 11.8. The van der Waals surface area contributed by atoms with Crippen LogP contribution in [0.3, 0.4) is 0 Å². The Morgan fingerprint density at radius 1 is 1.62 bits per heavy atom. The number of fused-ring (bicyclic) bond motifs is 1. The van der Waals surface area contributed by atoms with Gasteiger partial charge in [0.1, 0.15) is 11.0 Å². The minimum absolute atomic E-state index is 0.0191. The molecule has 2 aromatic rings. The lowest BCUT2D eigenvalue weighted by Gasteiger charge is -2.29. The highest BCUT2D eigenvalue weighted by atomic mass is 32.2. The van der Waals surface area contributed by atoms with Crippen LogP contribution < -0.4 is 11.3 Å². The Labute approximate surface area is 123 Å². The third-order valence-electron chi connectivity index (χ3n) is 3.79. The van der Waals surface area contributed by atoms with Crippen LogP contribution in [0.25, 0.3) is 11.0 Å². The van der Waals surface area contributed by atoms with E-state index in [0.717, 1.165) is 0 Å². The van der Waals surface area contributed by atoms with E-state index in [9.17, 15) is 20.1 Å². The van der Waals surface area contributed by atoms with E-state index >= 15 is 0 Å². The zero-order valence-electron chi connectivity index (χ0n) is 11.2. The Bertz CT molecular complexity index is 740. The molecule has 0 aromatic carbocycles. The predicted molar refractivity (Wildman–Crippen MR) is 78.9 cm³/mol. The highest BCUT2D eigenvalue weighted by molar-refractivity contribution is 8.00. The Morgan fingerprint density at radius 2 is 2.33 bits per heavy atom. The smallest absolute Gasteiger partial charge is 0.261 e. The van der Waals surface area contributed by atoms with Crippen molar-refractivity contribution in [3.05, 3.63) is 22.6 Å². The molecule has 0 radical (unpaired) electrons. The zero-order valence-corrected chi connectivity index (χ0v) is 12.0. The SMILES string of the molecule is C[C@@]1(O)[C@H](O)[C@@H](CO)S[C@H]1n1ccc2c(=O)[nH]c(N)nc21. The van der Waals surface area contributed by atoms with Gasteiger partial charge >= 0.3 is 0 Å². The van der Waals surface area contributed by atoms with Gasteiger partial charge in [-0.15, -0.1) is 11.8 Å². The first kappa shape index (κ1) is 14.4. The van der Waals surface area contributed by atoms with Crippen LogP contribution in [0.15, 0.2) is 17.1 Å². The summed E-state index contributed by atoms with van der Waals surface area (Å²) in [5.41, 5.74) is 4.06. The number of nitrogen functional groups attached to an aromatic ring is 1. The van der Waals surface area contributed by atoms with E-state index in [-0.39, 0.29) is 18.1 Å². The molecule has 0 aliphatic carbocycles. The number of nitrogens with two attached hydrogens (primary N) is 1. The van der Waals surface area contributed by atoms with Gasteiger partial charge in [-0.1, -0.05) is 0 Å². The van der Waals surface area contributed by atoms with Crippen LogP contribution in [-0.2, 0) is 0 Å². The average molecular weight is 312 g/mol. The molecule has 1 fully saturated rings. The Kier molecular flexibility index (Phi) is 3.24. The number of nitrogens with zero attached hydrogens (tertiary/aromatic N) is 2. The minimum atomic E-state index is -1.47. The second kappa shape index (κ2) is 4.73. The largest absolute Gasteiger partial charge is 0.395 e. The van der Waals surface area contributed by atoms with Crippen LogP contribution >= 0.6 is 11.8 Å². The number of nitrogens with one attached hydrogen (secondary N) is 1. The van der Waals surface area contributed by atoms with Crippen molar-refractivity contribution >= 4 is 28.7 Å². The molecule has 6 N–H and O–H groups in total. The van der Waals surface area contributed by atoms with Gasteiger partial charge in [0.15, 0.2) is 5.65 Å². The summed E-state index contributed by atoms with van der Waals surface area (Å²) >= 11 is 1.23. The number of aromatic nitrogens is 3.